The summed E-state index contributed by atoms with van der Waals surface area (Å²) in [6.07, 6.45) is 9.02. The number of benzene rings is 1. The van der Waals surface area contributed by atoms with Crippen LogP contribution in [0.3, 0.4) is 0 Å². The highest BCUT2D eigenvalue weighted by Gasteiger charge is 2.02. The van der Waals surface area contributed by atoms with Crippen LogP contribution in [0.2, 0.25) is 0 Å². The largest absolute Gasteiger partial charge is 0.347 e. The third-order valence-electron chi connectivity index (χ3n) is 3.79. The first-order chi connectivity index (χ1) is 10.4. The van der Waals surface area contributed by atoms with Crippen molar-refractivity contribution in [2.24, 2.45) is 0 Å². The Morgan fingerprint density at radius 1 is 1.14 bits per heavy atom. The molecule has 0 radical (unpaired) electrons. The minimum Gasteiger partial charge on any atom is -0.347 e. The molecule has 0 aliphatic rings. The lowest BCUT2D eigenvalue weighted by atomic mass is 10.1. The smallest absolute Gasteiger partial charge is 0.0945 e. The molecule has 2 heterocycles. The van der Waals surface area contributed by atoms with Crippen LogP contribution in [0.1, 0.15) is 18.9 Å². The molecule has 4 heteroatoms. The van der Waals surface area contributed by atoms with Gasteiger partial charge in [0.1, 0.15) is 0 Å². The standard InChI is InChI=1S/C17H22N4/c1-2-18-13-15-4-5-16-6-10-21(17(16)12-15)9-3-8-20-11-7-19-14-20/h4-7,10-12,14,18H,2-3,8-9,13H2,1H3. The molecule has 1 aromatic carbocycles. The summed E-state index contributed by atoms with van der Waals surface area (Å²) in [5, 5.41) is 4.70. The van der Waals surface area contributed by atoms with E-state index < -0.39 is 0 Å². The van der Waals surface area contributed by atoms with Crippen molar-refractivity contribution in [2.75, 3.05) is 6.54 Å². The average molecular weight is 282 g/mol. The van der Waals surface area contributed by atoms with Gasteiger partial charge in [0.25, 0.3) is 0 Å². The summed E-state index contributed by atoms with van der Waals surface area (Å²) in [6.45, 7) is 6.12. The zero-order valence-electron chi connectivity index (χ0n) is 12.5. The van der Waals surface area contributed by atoms with Gasteiger partial charge in [-0.05, 0) is 36.0 Å². The summed E-state index contributed by atoms with van der Waals surface area (Å²) in [4.78, 5) is 4.08. The van der Waals surface area contributed by atoms with Gasteiger partial charge in [0.2, 0.25) is 0 Å². The van der Waals surface area contributed by atoms with Crippen LogP contribution in [0.4, 0.5) is 0 Å². The Bertz CT molecular complexity index is 682. The summed E-state index contributed by atoms with van der Waals surface area (Å²) >= 11 is 0. The second-order valence-electron chi connectivity index (χ2n) is 5.34. The number of hydrogen-bond acceptors (Lipinski definition) is 2. The Balaban J connectivity index is 1.69. The highest BCUT2D eigenvalue weighted by atomic mass is 15.0. The average Bonchev–Trinajstić information content (AvgIpc) is 3.15. The van der Waals surface area contributed by atoms with Gasteiger partial charge >= 0.3 is 0 Å². The molecule has 0 bridgehead atoms. The summed E-state index contributed by atoms with van der Waals surface area (Å²) in [6, 6.07) is 8.92. The van der Waals surface area contributed by atoms with Gasteiger partial charge < -0.3 is 14.5 Å². The van der Waals surface area contributed by atoms with Crippen LogP contribution < -0.4 is 5.32 Å². The van der Waals surface area contributed by atoms with E-state index in [0.29, 0.717) is 0 Å². The third-order valence-corrected chi connectivity index (χ3v) is 3.79. The van der Waals surface area contributed by atoms with Crippen molar-refractivity contribution in [3.8, 4) is 0 Å². The first kappa shape index (κ1) is 13.9. The number of imidazole rings is 1. The number of hydrogen-bond donors (Lipinski definition) is 1. The number of rotatable bonds is 7. The molecule has 3 rings (SSSR count). The van der Waals surface area contributed by atoms with E-state index in [2.05, 4.69) is 56.8 Å². The van der Waals surface area contributed by atoms with Gasteiger partial charge in [-0.15, -0.1) is 0 Å². The molecule has 0 amide bonds. The van der Waals surface area contributed by atoms with E-state index in [4.69, 9.17) is 0 Å². The molecular formula is C17H22N4. The lowest BCUT2D eigenvalue weighted by Crippen LogP contribution is -2.11. The predicted octanol–water partition coefficient (Wildman–Crippen LogP) is 3.04. The minimum absolute atomic E-state index is 0.937. The highest BCUT2D eigenvalue weighted by Crippen LogP contribution is 2.18. The monoisotopic (exact) mass is 282 g/mol. The van der Waals surface area contributed by atoms with E-state index in [1.54, 1.807) is 0 Å². The van der Waals surface area contributed by atoms with Gasteiger partial charge in [-0.3, -0.25) is 0 Å². The van der Waals surface area contributed by atoms with E-state index in [0.717, 1.165) is 32.6 Å². The molecule has 4 nitrogen and oxygen atoms in total. The topological polar surface area (TPSA) is 34.8 Å². The fourth-order valence-electron chi connectivity index (χ4n) is 2.65. The minimum atomic E-state index is 0.937. The predicted molar refractivity (Wildman–Crippen MR) is 86.2 cm³/mol. The van der Waals surface area contributed by atoms with Crippen LogP contribution in [0.15, 0.2) is 49.2 Å². The zero-order chi connectivity index (χ0) is 14.5. The van der Waals surface area contributed by atoms with Crippen molar-refractivity contribution in [3.05, 3.63) is 54.7 Å². The van der Waals surface area contributed by atoms with E-state index in [-0.39, 0.29) is 0 Å². The summed E-state index contributed by atoms with van der Waals surface area (Å²) in [7, 11) is 0. The molecule has 0 fully saturated rings. The van der Waals surface area contributed by atoms with Crippen molar-refractivity contribution >= 4 is 10.9 Å². The Labute approximate surface area is 125 Å². The molecule has 21 heavy (non-hydrogen) atoms. The van der Waals surface area contributed by atoms with Crippen LogP contribution in [-0.2, 0) is 19.6 Å². The second-order valence-corrected chi connectivity index (χ2v) is 5.34. The first-order valence-electron chi connectivity index (χ1n) is 7.61. The molecule has 0 atom stereocenters. The molecule has 1 N–H and O–H groups in total. The van der Waals surface area contributed by atoms with Crippen molar-refractivity contribution in [1.29, 1.82) is 0 Å². The molecule has 110 valence electrons. The Hall–Kier alpha value is -2.07. The quantitative estimate of drug-likeness (QED) is 0.723. The maximum atomic E-state index is 4.08. The first-order valence-corrected chi connectivity index (χ1v) is 7.61. The van der Waals surface area contributed by atoms with Gasteiger partial charge in [0.15, 0.2) is 0 Å². The number of nitrogens with zero attached hydrogens (tertiary/aromatic N) is 3. The maximum Gasteiger partial charge on any atom is 0.0945 e. The van der Waals surface area contributed by atoms with Gasteiger partial charge in [-0.25, -0.2) is 4.98 Å². The van der Waals surface area contributed by atoms with E-state index >= 15 is 0 Å². The van der Waals surface area contributed by atoms with E-state index in [9.17, 15) is 0 Å². The van der Waals surface area contributed by atoms with E-state index in [1.165, 1.54) is 16.5 Å². The molecule has 0 aliphatic carbocycles. The van der Waals surface area contributed by atoms with E-state index in [1.807, 2.05) is 18.7 Å². The SMILES string of the molecule is CCNCc1ccc2ccn(CCCn3ccnc3)c2c1. The van der Waals surface area contributed by atoms with Crippen molar-refractivity contribution in [1.82, 2.24) is 19.4 Å². The molecule has 0 aliphatic heterocycles. The van der Waals surface area contributed by atoms with Gasteiger partial charge in [-0.2, -0.15) is 0 Å². The fourth-order valence-corrected chi connectivity index (χ4v) is 2.65. The van der Waals surface area contributed by atoms with Crippen molar-refractivity contribution in [3.63, 3.8) is 0 Å². The molecule has 0 saturated carbocycles. The third kappa shape index (κ3) is 3.34. The van der Waals surface area contributed by atoms with Gasteiger partial charge in [0.05, 0.1) is 6.33 Å². The molecule has 0 unspecified atom stereocenters. The molecule has 0 saturated heterocycles. The molecular weight excluding hydrogens is 260 g/mol. The Kier molecular flexibility index (Phi) is 4.36. The molecule has 2 aromatic heterocycles. The second kappa shape index (κ2) is 6.59. The van der Waals surface area contributed by atoms with Crippen LogP contribution in [0.5, 0.6) is 0 Å². The highest BCUT2D eigenvalue weighted by molar-refractivity contribution is 5.80. The lowest BCUT2D eigenvalue weighted by Gasteiger charge is -2.08. The van der Waals surface area contributed by atoms with Crippen LogP contribution in [0.25, 0.3) is 10.9 Å². The summed E-state index contributed by atoms with van der Waals surface area (Å²) in [5.74, 6) is 0. The normalized spacial score (nSPS) is 11.3. The number of aryl methyl sites for hydroxylation is 2. The number of aromatic nitrogens is 3. The number of fused-ring (bicyclic) bond motifs is 1. The van der Waals surface area contributed by atoms with Gasteiger partial charge in [0, 0.05) is 43.7 Å². The van der Waals surface area contributed by atoms with Crippen LogP contribution >= 0.6 is 0 Å². The molecule has 3 aromatic rings. The number of nitrogens with one attached hydrogen (secondary N) is 1. The summed E-state index contributed by atoms with van der Waals surface area (Å²) in [5.41, 5.74) is 2.68. The maximum absolute atomic E-state index is 4.08. The van der Waals surface area contributed by atoms with Crippen molar-refractivity contribution in [2.45, 2.75) is 33.0 Å². The Morgan fingerprint density at radius 3 is 2.90 bits per heavy atom. The Morgan fingerprint density at radius 2 is 2.10 bits per heavy atom. The fraction of sp³-hybridized carbons (Fsp3) is 0.353. The zero-order valence-corrected chi connectivity index (χ0v) is 12.5. The van der Waals surface area contributed by atoms with Crippen molar-refractivity contribution < 1.29 is 0 Å². The summed E-state index contributed by atoms with van der Waals surface area (Å²) < 4.78 is 4.48. The van der Waals surface area contributed by atoms with Gasteiger partial charge in [-0.1, -0.05) is 19.1 Å². The van der Waals surface area contributed by atoms with Crippen LogP contribution in [0, 0.1) is 0 Å². The molecule has 0 spiro atoms. The lowest BCUT2D eigenvalue weighted by molar-refractivity contribution is 0.573. The van der Waals surface area contributed by atoms with Crippen LogP contribution in [-0.4, -0.2) is 20.7 Å².